The van der Waals surface area contributed by atoms with Crippen LogP contribution in [-0.4, -0.2) is 36.0 Å². The van der Waals surface area contributed by atoms with Gasteiger partial charge in [0.05, 0.1) is 0 Å². The molecule has 0 aliphatic carbocycles. The average molecular weight is 410 g/mol. The first-order valence-corrected chi connectivity index (χ1v) is 9.86. The normalized spacial score (nSPS) is 15.3. The molecule has 3 amide bonds. The fraction of sp³-hybridized carbons (Fsp3) is 0.579. The number of nitrogens with zero attached hydrogens (tertiary/aromatic N) is 1. The van der Waals surface area contributed by atoms with Crippen LogP contribution in [-0.2, 0) is 4.79 Å². The lowest BCUT2D eigenvalue weighted by molar-refractivity contribution is -0.136. The lowest BCUT2D eigenvalue weighted by atomic mass is 9.98. The zero-order valence-corrected chi connectivity index (χ0v) is 16.9. The number of hydrogen-bond acceptors (Lipinski definition) is 2. The number of likely N-dealkylation sites (tertiary alicyclic amines) is 1. The molecule has 5 nitrogen and oxygen atoms in total. The first-order chi connectivity index (χ1) is 11.9. The summed E-state index contributed by atoms with van der Waals surface area (Å²) in [6, 6.07) is 5.66. The third kappa shape index (κ3) is 5.46. The molecule has 2 N–H and O–H groups in total. The van der Waals surface area contributed by atoms with Gasteiger partial charge in [-0.3, -0.25) is 4.79 Å². The van der Waals surface area contributed by atoms with Crippen molar-refractivity contribution in [3.63, 3.8) is 0 Å². The minimum atomic E-state index is -0.194. The second-order valence-electron chi connectivity index (χ2n) is 6.68. The second-order valence-corrected chi connectivity index (χ2v) is 7.53. The van der Waals surface area contributed by atoms with E-state index in [1.807, 2.05) is 30.0 Å². The fourth-order valence-corrected chi connectivity index (χ4v) is 3.54. The number of amides is 3. The molecule has 1 heterocycles. The molecule has 6 heteroatoms. The topological polar surface area (TPSA) is 61.4 Å². The van der Waals surface area contributed by atoms with Crippen LogP contribution in [0.5, 0.6) is 0 Å². The second kappa shape index (κ2) is 9.22. The van der Waals surface area contributed by atoms with E-state index in [2.05, 4.69) is 40.4 Å². The highest BCUT2D eigenvalue weighted by atomic mass is 79.9. The van der Waals surface area contributed by atoms with Gasteiger partial charge in [-0.1, -0.05) is 35.8 Å². The molecule has 1 aromatic carbocycles. The number of aryl methyl sites for hydroxylation is 1. The molecule has 2 rings (SSSR count). The zero-order valence-electron chi connectivity index (χ0n) is 15.3. The standard InChI is InChI=1S/C19H28BrN3O2/c1-4-14(5-2)18(24)23-10-8-15(9-11-23)21-19(25)22-16-7-6-13(3)17(20)12-16/h6-7,12,14-15H,4-5,8-11H2,1-3H3,(H2,21,22,25). The highest BCUT2D eigenvalue weighted by molar-refractivity contribution is 9.10. The maximum Gasteiger partial charge on any atom is 0.319 e. The molecule has 138 valence electrons. The maximum atomic E-state index is 12.4. The molecule has 0 saturated carbocycles. The van der Waals surface area contributed by atoms with Gasteiger partial charge in [-0.2, -0.15) is 0 Å². The van der Waals surface area contributed by atoms with E-state index < -0.39 is 0 Å². The molecule has 1 aromatic rings. The Morgan fingerprint density at radius 3 is 2.44 bits per heavy atom. The van der Waals surface area contributed by atoms with Crippen LogP contribution in [0.3, 0.4) is 0 Å². The van der Waals surface area contributed by atoms with Crippen molar-refractivity contribution in [3.8, 4) is 0 Å². The Morgan fingerprint density at radius 2 is 1.88 bits per heavy atom. The summed E-state index contributed by atoms with van der Waals surface area (Å²) in [4.78, 5) is 26.5. The van der Waals surface area contributed by atoms with Crippen LogP contribution in [0.25, 0.3) is 0 Å². The molecule has 0 bridgehead atoms. The van der Waals surface area contributed by atoms with Crippen molar-refractivity contribution in [1.82, 2.24) is 10.2 Å². The minimum Gasteiger partial charge on any atom is -0.342 e. The largest absolute Gasteiger partial charge is 0.342 e. The predicted octanol–water partition coefficient (Wildman–Crippen LogP) is 4.31. The summed E-state index contributed by atoms with van der Waals surface area (Å²) in [7, 11) is 0. The summed E-state index contributed by atoms with van der Waals surface area (Å²) in [5, 5.41) is 5.88. The number of nitrogens with one attached hydrogen (secondary N) is 2. The number of rotatable bonds is 5. The average Bonchev–Trinajstić information content (AvgIpc) is 2.59. The molecule has 0 aromatic heterocycles. The van der Waals surface area contributed by atoms with Crippen LogP contribution in [0.2, 0.25) is 0 Å². The van der Waals surface area contributed by atoms with E-state index in [1.165, 1.54) is 0 Å². The van der Waals surface area contributed by atoms with Crippen molar-refractivity contribution >= 4 is 33.6 Å². The number of halogens is 1. The van der Waals surface area contributed by atoms with Gasteiger partial charge in [0.1, 0.15) is 0 Å². The van der Waals surface area contributed by atoms with Gasteiger partial charge in [-0.15, -0.1) is 0 Å². The molecule has 0 spiro atoms. The van der Waals surface area contributed by atoms with Gasteiger partial charge in [0.15, 0.2) is 0 Å². The minimum absolute atomic E-state index is 0.111. The molecular weight excluding hydrogens is 382 g/mol. The Morgan fingerprint density at radius 1 is 1.24 bits per heavy atom. The van der Waals surface area contributed by atoms with Crippen molar-refractivity contribution in [1.29, 1.82) is 0 Å². The summed E-state index contributed by atoms with van der Waals surface area (Å²) in [5.41, 5.74) is 1.89. The van der Waals surface area contributed by atoms with Crippen LogP contribution in [0, 0.1) is 12.8 Å². The Kier molecular flexibility index (Phi) is 7.29. The molecule has 1 saturated heterocycles. The Labute approximate surface area is 158 Å². The van der Waals surface area contributed by atoms with Crippen molar-refractivity contribution in [3.05, 3.63) is 28.2 Å². The van der Waals surface area contributed by atoms with E-state index in [0.29, 0.717) is 0 Å². The lowest BCUT2D eigenvalue weighted by Gasteiger charge is -2.34. The number of hydrogen-bond donors (Lipinski definition) is 2. The first-order valence-electron chi connectivity index (χ1n) is 9.07. The Balaban J connectivity index is 1.80. The Hall–Kier alpha value is -1.56. The van der Waals surface area contributed by atoms with E-state index >= 15 is 0 Å². The van der Waals surface area contributed by atoms with E-state index in [1.54, 1.807) is 0 Å². The molecule has 0 atom stereocenters. The van der Waals surface area contributed by atoms with Gasteiger partial charge >= 0.3 is 6.03 Å². The van der Waals surface area contributed by atoms with E-state index in [0.717, 1.165) is 54.5 Å². The number of urea groups is 1. The lowest BCUT2D eigenvalue weighted by Crippen LogP contribution is -2.48. The third-order valence-electron chi connectivity index (χ3n) is 4.91. The molecule has 1 aliphatic rings. The molecule has 1 fully saturated rings. The third-order valence-corrected chi connectivity index (χ3v) is 5.76. The van der Waals surface area contributed by atoms with Crippen molar-refractivity contribution in [2.24, 2.45) is 5.92 Å². The molecule has 25 heavy (non-hydrogen) atoms. The van der Waals surface area contributed by atoms with Crippen molar-refractivity contribution < 1.29 is 9.59 Å². The van der Waals surface area contributed by atoms with E-state index in [9.17, 15) is 9.59 Å². The summed E-state index contributed by atoms with van der Waals surface area (Å²) < 4.78 is 0.971. The van der Waals surface area contributed by atoms with Gasteiger partial charge in [0.2, 0.25) is 5.91 Å². The Bertz CT molecular complexity index is 609. The summed E-state index contributed by atoms with van der Waals surface area (Å²) in [6.07, 6.45) is 3.39. The number of piperidine rings is 1. The van der Waals surface area contributed by atoms with Crippen LogP contribution in [0.4, 0.5) is 10.5 Å². The summed E-state index contributed by atoms with van der Waals surface area (Å²) in [5.74, 6) is 0.394. The molecular formula is C19H28BrN3O2. The molecule has 0 unspecified atom stereocenters. The van der Waals surface area contributed by atoms with Crippen molar-refractivity contribution in [2.45, 2.75) is 52.5 Å². The molecule has 1 aliphatic heterocycles. The summed E-state index contributed by atoms with van der Waals surface area (Å²) >= 11 is 3.47. The fourth-order valence-electron chi connectivity index (χ4n) is 3.16. The number of carbonyl (C=O) groups excluding carboxylic acids is 2. The van der Waals surface area contributed by atoms with Crippen LogP contribution in [0.1, 0.15) is 45.1 Å². The smallest absolute Gasteiger partial charge is 0.319 e. The predicted molar refractivity (Wildman–Crippen MR) is 105 cm³/mol. The highest BCUT2D eigenvalue weighted by Crippen LogP contribution is 2.21. The number of anilines is 1. The molecule has 0 radical (unpaired) electrons. The van der Waals surface area contributed by atoms with Crippen molar-refractivity contribution in [2.75, 3.05) is 18.4 Å². The highest BCUT2D eigenvalue weighted by Gasteiger charge is 2.27. The van der Waals surface area contributed by atoms with Crippen LogP contribution >= 0.6 is 15.9 Å². The van der Waals surface area contributed by atoms with E-state index in [-0.39, 0.29) is 23.9 Å². The van der Waals surface area contributed by atoms with E-state index in [4.69, 9.17) is 0 Å². The van der Waals surface area contributed by atoms with Crippen LogP contribution < -0.4 is 10.6 Å². The number of benzene rings is 1. The van der Waals surface area contributed by atoms with Gasteiger partial charge in [-0.25, -0.2) is 4.79 Å². The number of carbonyl (C=O) groups is 2. The SMILES string of the molecule is CCC(CC)C(=O)N1CCC(NC(=O)Nc2ccc(C)c(Br)c2)CC1. The van der Waals surface area contributed by atoms with Gasteiger partial charge in [0.25, 0.3) is 0 Å². The van der Waals surface area contributed by atoms with Gasteiger partial charge < -0.3 is 15.5 Å². The van der Waals surface area contributed by atoms with Gasteiger partial charge in [0, 0.05) is 35.2 Å². The van der Waals surface area contributed by atoms with Crippen LogP contribution in [0.15, 0.2) is 22.7 Å². The summed E-state index contributed by atoms with van der Waals surface area (Å²) in [6.45, 7) is 7.57. The maximum absolute atomic E-state index is 12.4. The monoisotopic (exact) mass is 409 g/mol. The van der Waals surface area contributed by atoms with Gasteiger partial charge in [-0.05, 0) is 50.3 Å². The zero-order chi connectivity index (χ0) is 18.4. The first kappa shape index (κ1) is 19.8. The quantitative estimate of drug-likeness (QED) is 0.760.